The first-order valence-electron chi connectivity index (χ1n) is 10.8. The molecule has 38 heavy (non-hydrogen) atoms. The van der Waals surface area contributed by atoms with Crippen molar-refractivity contribution in [2.24, 2.45) is 5.14 Å². The molecule has 0 aromatic heterocycles. The molecule has 0 bridgehead atoms. The van der Waals surface area contributed by atoms with Crippen molar-refractivity contribution in [3.63, 3.8) is 0 Å². The van der Waals surface area contributed by atoms with Crippen molar-refractivity contribution in [3.05, 3.63) is 75.0 Å². The lowest BCUT2D eigenvalue weighted by molar-refractivity contribution is -0.269. The molecule has 0 aliphatic carbocycles. The van der Waals surface area contributed by atoms with Gasteiger partial charge in [-0.1, -0.05) is 47.5 Å². The third kappa shape index (κ3) is 4.53. The molecule has 2 aliphatic heterocycles. The van der Waals surface area contributed by atoms with E-state index in [9.17, 15) is 30.8 Å². The van der Waals surface area contributed by atoms with E-state index in [1.165, 1.54) is 24.3 Å². The van der Waals surface area contributed by atoms with E-state index in [1.807, 2.05) is 0 Å². The zero-order valence-electron chi connectivity index (χ0n) is 19.7. The molecule has 2 heterocycles. The maximum Gasteiger partial charge on any atom is 0.428 e. The summed E-state index contributed by atoms with van der Waals surface area (Å²) in [6.07, 6.45) is -4.28. The molecule has 3 N–H and O–H groups in total. The van der Waals surface area contributed by atoms with Crippen LogP contribution in [0.5, 0.6) is 0 Å². The van der Waals surface area contributed by atoms with Gasteiger partial charge in [0, 0.05) is 5.56 Å². The van der Waals surface area contributed by atoms with Gasteiger partial charge in [0.05, 0.1) is 28.8 Å². The average Bonchev–Trinajstić information content (AvgIpc) is 3.26. The van der Waals surface area contributed by atoms with Crippen molar-refractivity contribution in [3.8, 4) is 0 Å². The largest absolute Gasteiger partial charge is 0.428 e. The van der Waals surface area contributed by atoms with Crippen molar-refractivity contribution in [1.29, 1.82) is 0 Å². The van der Waals surface area contributed by atoms with Crippen molar-refractivity contribution in [2.45, 2.75) is 36.0 Å². The van der Waals surface area contributed by atoms with Crippen LogP contribution in [0.25, 0.3) is 5.70 Å². The van der Waals surface area contributed by atoms with Crippen LogP contribution in [0.2, 0.25) is 10.0 Å². The number of benzene rings is 2. The topological polar surface area (TPSA) is 102 Å². The number of amides is 1. The standard InChI is InChI=1S/C23H20Cl2F5N3O4S/c1-20(2,38(31,35)36)19(34)33-10-21(27,11-33)13-5-3-12(4-6-13)17-9-22(37-32-17,23(28,29)30)14-7-15(24)18(26)16(25)8-14/h3-9,32H,10-11H2,1-2H3,(H2,31,35,36). The number of alkyl halides is 4. The smallest absolute Gasteiger partial charge is 0.334 e. The highest BCUT2D eigenvalue weighted by Gasteiger charge is 2.60. The molecule has 1 unspecified atom stereocenters. The van der Waals surface area contributed by atoms with Gasteiger partial charge in [-0.25, -0.2) is 22.3 Å². The first kappa shape index (κ1) is 28.6. The lowest BCUT2D eigenvalue weighted by atomic mass is 9.86. The van der Waals surface area contributed by atoms with E-state index in [0.717, 1.165) is 37.0 Å². The summed E-state index contributed by atoms with van der Waals surface area (Å²) in [7, 11) is -4.24. The van der Waals surface area contributed by atoms with Gasteiger partial charge in [0.25, 0.3) is 0 Å². The number of hydrogen-bond acceptors (Lipinski definition) is 5. The Balaban J connectivity index is 1.58. The zero-order valence-corrected chi connectivity index (χ0v) is 22.0. The number of carbonyl (C=O) groups excluding carboxylic acids is 1. The molecule has 0 saturated carbocycles. The summed E-state index contributed by atoms with van der Waals surface area (Å²) in [5.41, 5.74) is -3.20. The first-order valence-corrected chi connectivity index (χ1v) is 13.1. The molecule has 1 amide bonds. The second-order valence-electron chi connectivity index (χ2n) is 9.51. The fourth-order valence-electron chi connectivity index (χ4n) is 4.09. The summed E-state index contributed by atoms with van der Waals surface area (Å²) >= 11 is 11.4. The Hall–Kier alpha value is -2.45. The Labute approximate surface area is 224 Å². The first-order chi connectivity index (χ1) is 17.3. The van der Waals surface area contributed by atoms with Gasteiger partial charge in [-0.3, -0.25) is 15.1 Å². The summed E-state index contributed by atoms with van der Waals surface area (Å²) < 4.78 is 93.2. The van der Waals surface area contributed by atoms with E-state index in [1.54, 1.807) is 0 Å². The van der Waals surface area contributed by atoms with Gasteiger partial charge < -0.3 is 4.90 Å². The van der Waals surface area contributed by atoms with Gasteiger partial charge in [-0.15, -0.1) is 0 Å². The highest BCUT2D eigenvalue weighted by molar-refractivity contribution is 7.91. The monoisotopic (exact) mass is 599 g/mol. The fourth-order valence-corrected chi connectivity index (χ4v) is 4.95. The molecule has 2 aromatic rings. The third-order valence-electron chi connectivity index (χ3n) is 6.61. The van der Waals surface area contributed by atoms with Crippen LogP contribution < -0.4 is 10.6 Å². The van der Waals surface area contributed by atoms with Crippen molar-refractivity contribution in [2.75, 3.05) is 13.1 Å². The normalized spacial score (nSPS) is 21.5. The van der Waals surface area contributed by atoms with E-state index in [2.05, 4.69) is 5.48 Å². The van der Waals surface area contributed by atoms with Crippen LogP contribution in [0.4, 0.5) is 22.0 Å². The summed E-state index contributed by atoms with van der Waals surface area (Å²) in [6, 6.07) is 6.85. The van der Waals surface area contributed by atoms with Gasteiger partial charge >= 0.3 is 6.18 Å². The molecule has 2 aromatic carbocycles. The number of carbonyl (C=O) groups is 1. The molecule has 0 spiro atoms. The van der Waals surface area contributed by atoms with E-state index in [4.69, 9.17) is 33.2 Å². The van der Waals surface area contributed by atoms with Crippen LogP contribution in [0, 0.1) is 5.82 Å². The van der Waals surface area contributed by atoms with Gasteiger partial charge in [0.15, 0.2) is 16.2 Å². The van der Waals surface area contributed by atoms with Crippen LogP contribution in [-0.2, 0) is 30.9 Å². The predicted octanol–water partition coefficient (Wildman–Crippen LogP) is 4.54. The molecular weight excluding hydrogens is 580 g/mol. The number of nitrogens with two attached hydrogens (primary N) is 1. The minimum atomic E-state index is -5.01. The number of hydrogen-bond donors (Lipinski definition) is 2. The molecule has 1 fully saturated rings. The average molecular weight is 600 g/mol. The fraction of sp³-hybridized carbons (Fsp3) is 0.348. The summed E-state index contributed by atoms with van der Waals surface area (Å²) in [5.74, 6) is -1.93. The Morgan fingerprint density at radius 1 is 1.08 bits per heavy atom. The molecule has 1 atom stereocenters. The number of nitrogens with one attached hydrogen (secondary N) is 1. The Kier molecular flexibility index (Phi) is 6.80. The second kappa shape index (κ2) is 9.05. The molecule has 2 aliphatic rings. The van der Waals surface area contributed by atoms with Gasteiger partial charge in [-0.2, -0.15) is 13.2 Å². The van der Waals surface area contributed by atoms with E-state index in [0.29, 0.717) is 0 Å². The lowest BCUT2D eigenvalue weighted by Gasteiger charge is -2.46. The minimum absolute atomic E-state index is 0.112. The summed E-state index contributed by atoms with van der Waals surface area (Å²) in [6.45, 7) is 1.38. The molecule has 206 valence electrons. The molecule has 4 rings (SSSR count). The third-order valence-corrected chi connectivity index (χ3v) is 8.76. The number of sulfonamides is 1. The van der Waals surface area contributed by atoms with E-state index in [-0.39, 0.29) is 16.8 Å². The predicted molar refractivity (Wildman–Crippen MR) is 129 cm³/mol. The van der Waals surface area contributed by atoms with Crippen molar-refractivity contribution >= 4 is 44.8 Å². The number of nitrogens with zero attached hydrogens (tertiary/aromatic N) is 1. The Morgan fingerprint density at radius 3 is 2.08 bits per heavy atom. The highest BCUT2D eigenvalue weighted by atomic mass is 35.5. The van der Waals surface area contributed by atoms with Gasteiger partial charge in [0.2, 0.25) is 21.5 Å². The van der Waals surface area contributed by atoms with E-state index >= 15 is 4.39 Å². The molecular formula is C23H20Cl2F5N3O4S. The molecule has 7 nitrogen and oxygen atoms in total. The van der Waals surface area contributed by atoms with Gasteiger partial charge in [-0.05, 0) is 43.2 Å². The molecule has 1 saturated heterocycles. The maximum absolute atomic E-state index is 15.4. The van der Waals surface area contributed by atoms with Gasteiger partial charge in [0.1, 0.15) is 0 Å². The van der Waals surface area contributed by atoms with Crippen LogP contribution in [0.15, 0.2) is 42.5 Å². The molecule has 15 heteroatoms. The quantitative estimate of drug-likeness (QED) is 0.388. The number of primary sulfonamides is 1. The SMILES string of the molecule is CC(C)(C(=O)N1CC(F)(c2ccc(C3=CC(c4cc(Cl)c(F)c(Cl)c4)(C(F)(F)F)ON3)cc2)C1)S(N)(=O)=O. The summed E-state index contributed by atoms with van der Waals surface area (Å²) in [5, 5.41) is 3.85. The molecule has 0 radical (unpaired) electrons. The lowest BCUT2D eigenvalue weighted by Crippen LogP contribution is -2.64. The number of rotatable bonds is 5. The van der Waals surface area contributed by atoms with E-state index < -0.39 is 72.6 Å². The minimum Gasteiger partial charge on any atom is -0.334 e. The number of halogens is 7. The Morgan fingerprint density at radius 2 is 1.61 bits per heavy atom. The van der Waals surface area contributed by atoms with Crippen molar-refractivity contribution in [1.82, 2.24) is 10.4 Å². The van der Waals surface area contributed by atoms with Crippen molar-refractivity contribution < 1.29 is 40.0 Å². The van der Waals surface area contributed by atoms with Crippen LogP contribution >= 0.6 is 23.2 Å². The second-order valence-corrected chi connectivity index (χ2v) is 12.4. The maximum atomic E-state index is 15.4. The zero-order chi connectivity index (χ0) is 28.5. The Bertz CT molecular complexity index is 1420. The highest BCUT2D eigenvalue weighted by Crippen LogP contribution is 2.49. The van der Waals surface area contributed by atoms with Crippen LogP contribution in [0.3, 0.4) is 0 Å². The van der Waals surface area contributed by atoms with Crippen LogP contribution in [0.1, 0.15) is 30.5 Å². The number of hydroxylamine groups is 1. The summed E-state index contributed by atoms with van der Waals surface area (Å²) in [4.78, 5) is 18.5. The number of likely N-dealkylation sites (tertiary alicyclic amines) is 1. The van der Waals surface area contributed by atoms with Crippen LogP contribution in [-0.4, -0.2) is 43.2 Å².